The number of hydrogen-bond donors (Lipinski definition) is 0. The molecule has 4 heteroatoms. The molecule has 0 saturated carbocycles. The summed E-state index contributed by atoms with van der Waals surface area (Å²) in [6.45, 7) is 5.44. The molecule has 0 aliphatic carbocycles. The highest BCUT2D eigenvalue weighted by Gasteiger charge is 2.26. The molecule has 1 unspecified atom stereocenters. The molecular formula is C20H31NO3. The van der Waals surface area contributed by atoms with E-state index in [9.17, 15) is 4.79 Å². The second-order valence-electron chi connectivity index (χ2n) is 6.60. The van der Waals surface area contributed by atoms with E-state index in [-0.39, 0.29) is 12.0 Å². The zero-order chi connectivity index (χ0) is 17.5. The number of rotatable bonds is 7. The van der Waals surface area contributed by atoms with E-state index in [2.05, 4.69) is 36.9 Å². The van der Waals surface area contributed by atoms with Gasteiger partial charge >= 0.3 is 5.97 Å². The largest absolute Gasteiger partial charge is 0.497 e. The first-order valence-electron chi connectivity index (χ1n) is 9.15. The average Bonchev–Trinajstić information content (AvgIpc) is 2.62. The molecule has 0 amide bonds. The molecule has 1 atom stereocenters. The van der Waals surface area contributed by atoms with Crippen molar-refractivity contribution in [1.82, 2.24) is 0 Å². The van der Waals surface area contributed by atoms with Crippen molar-refractivity contribution in [3.8, 4) is 5.75 Å². The smallest absolute Gasteiger partial charge is 0.307 e. The predicted octanol–water partition coefficient (Wildman–Crippen LogP) is 4.52. The number of hydrogen-bond acceptors (Lipinski definition) is 4. The van der Waals surface area contributed by atoms with Crippen LogP contribution in [0.1, 0.15) is 63.9 Å². The van der Waals surface area contributed by atoms with Crippen molar-refractivity contribution in [2.45, 2.75) is 64.3 Å². The lowest BCUT2D eigenvalue weighted by Gasteiger charge is -2.37. The third-order valence-electron chi connectivity index (χ3n) is 5.20. The van der Waals surface area contributed by atoms with Crippen LogP contribution >= 0.6 is 0 Å². The van der Waals surface area contributed by atoms with Crippen molar-refractivity contribution in [2.75, 3.05) is 25.7 Å². The van der Waals surface area contributed by atoms with Crippen molar-refractivity contribution in [3.63, 3.8) is 0 Å². The zero-order valence-corrected chi connectivity index (χ0v) is 15.5. The number of esters is 1. The van der Waals surface area contributed by atoms with Gasteiger partial charge in [0.25, 0.3) is 0 Å². The molecule has 134 valence electrons. The van der Waals surface area contributed by atoms with Crippen LogP contribution in [-0.2, 0) is 9.53 Å². The highest BCUT2D eigenvalue weighted by Crippen LogP contribution is 2.34. The minimum atomic E-state index is -0.130. The van der Waals surface area contributed by atoms with E-state index in [1.807, 2.05) is 0 Å². The monoisotopic (exact) mass is 333 g/mol. The molecule has 0 spiro atoms. The number of piperidine rings is 1. The molecule has 1 aromatic carbocycles. The standard InChI is InChI=1S/C20H31NO3/c1-5-15(6-2)16-11-18(13-19(12-16)23-3)21-10-8-7-9-17(21)14-20(22)24-4/h11-13,15,17H,5-10,14H2,1-4H3. The average molecular weight is 333 g/mol. The van der Waals surface area contributed by atoms with Crippen LogP contribution in [0.2, 0.25) is 0 Å². The summed E-state index contributed by atoms with van der Waals surface area (Å²) >= 11 is 0. The maximum Gasteiger partial charge on any atom is 0.307 e. The van der Waals surface area contributed by atoms with Crippen molar-refractivity contribution < 1.29 is 14.3 Å². The van der Waals surface area contributed by atoms with Gasteiger partial charge in [-0.3, -0.25) is 4.79 Å². The molecule has 1 aliphatic heterocycles. The number of carbonyl (C=O) groups excluding carboxylic acids is 1. The van der Waals surface area contributed by atoms with Crippen LogP contribution in [-0.4, -0.2) is 32.8 Å². The molecule has 1 aliphatic rings. The van der Waals surface area contributed by atoms with Gasteiger partial charge in [-0.1, -0.05) is 13.8 Å². The van der Waals surface area contributed by atoms with E-state index in [1.165, 1.54) is 24.8 Å². The Labute approximate surface area is 146 Å². The van der Waals surface area contributed by atoms with Crippen LogP contribution in [0.5, 0.6) is 5.75 Å². The van der Waals surface area contributed by atoms with Crippen LogP contribution in [0, 0.1) is 0 Å². The van der Waals surface area contributed by atoms with Crippen LogP contribution in [0.3, 0.4) is 0 Å². The number of anilines is 1. The second-order valence-corrected chi connectivity index (χ2v) is 6.60. The van der Waals surface area contributed by atoms with Gasteiger partial charge in [0.15, 0.2) is 0 Å². The summed E-state index contributed by atoms with van der Waals surface area (Å²) < 4.78 is 10.4. The first kappa shape index (κ1) is 18.6. The lowest BCUT2D eigenvalue weighted by atomic mass is 9.92. The fourth-order valence-electron chi connectivity index (χ4n) is 3.71. The van der Waals surface area contributed by atoms with Crippen LogP contribution in [0.4, 0.5) is 5.69 Å². The molecule has 1 aromatic rings. The molecule has 1 fully saturated rings. The van der Waals surface area contributed by atoms with Crippen molar-refractivity contribution in [1.29, 1.82) is 0 Å². The topological polar surface area (TPSA) is 38.8 Å². The number of carbonyl (C=O) groups is 1. The van der Waals surface area contributed by atoms with E-state index in [0.29, 0.717) is 12.3 Å². The molecule has 24 heavy (non-hydrogen) atoms. The van der Waals surface area contributed by atoms with Gasteiger partial charge in [0.05, 0.1) is 20.6 Å². The van der Waals surface area contributed by atoms with Crippen molar-refractivity contribution >= 4 is 11.7 Å². The maximum absolute atomic E-state index is 11.8. The van der Waals surface area contributed by atoms with Gasteiger partial charge in [-0.15, -0.1) is 0 Å². The lowest BCUT2D eigenvalue weighted by Crippen LogP contribution is -2.41. The Kier molecular flexibility index (Phi) is 6.95. The van der Waals surface area contributed by atoms with Gasteiger partial charge in [0.1, 0.15) is 5.75 Å². The fourth-order valence-corrected chi connectivity index (χ4v) is 3.71. The van der Waals surface area contributed by atoms with Crippen LogP contribution in [0.15, 0.2) is 18.2 Å². The van der Waals surface area contributed by atoms with Gasteiger partial charge in [-0.25, -0.2) is 0 Å². The Morgan fingerprint density at radius 2 is 1.96 bits per heavy atom. The quantitative estimate of drug-likeness (QED) is 0.688. The van der Waals surface area contributed by atoms with E-state index < -0.39 is 0 Å². The van der Waals surface area contributed by atoms with Gasteiger partial charge in [0.2, 0.25) is 0 Å². The molecule has 1 heterocycles. The molecule has 4 nitrogen and oxygen atoms in total. The summed E-state index contributed by atoms with van der Waals surface area (Å²) in [5.41, 5.74) is 2.50. The summed E-state index contributed by atoms with van der Waals surface area (Å²) in [6.07, 6.45) is 6.06. The number of methoxy groups -OCH3 is 2. The normalized spacial score (nSPS) is 17.9. The second kappa shape index (κ2) is 8.95. The third-order valence-corrected chi connectivity index (χ3v) is 5.20. The predicted molar refractivity (Wildman–Crippen MR) is 97.9 cm³/mol. The number of ether oxygens (including phenoxy) is 2. The number of benzene rings is 1. The Bertz CT molecular complexity index is 540. The summed E-state index contributed by atoms with van der Waals surface area (Å²) in [6, 6.07) is 6.75. The molecule has 2 rings (SSSR count). The first-order valence-corrected chi connectivity index (χ1v) is 9.15. The summed E-state index contributed by atoms with van der Waals surface area (Å²) in [5.74, 6) is 1.31. The third kappa shape index (κ3) is 4.43. The highest BCUT2D eigenvalue weighted by molar-refractivity contribution is 5.71. The Morgan fingerprint density at radius 3 is 2.58 bits per heavy atom. The summed E-state index contributed by atoms with van der Waals surface area (Å²) in [5, 5.41) is 0. The van der Waals surface area contributed by atoms with Crippen molar-refractivity contribution in [3.05, 3.63) is 23.8 Å². The van der Waals surface area contributed by atoms with E-state index >= 15 is 0 Å². The molecule has 0 aromatic heterocycles. The summed E-state index contributed by atoms with van der Waals surface area (Å²) in [4.78, 5) is 14.1. The molecule has 0 bridgehead atoms. The van der Waals surface area contributed by atoms with E-state index in [1.54, 1.807) is 7.11 Å². The van der Waals surface area contributed by atoms with E-state index in [4.69, 9.17) is 9.47 Å². The lowest BCUT2D eigenvalue weighted by molar-refractivity contribution is -0.141. The van der Waals surface area contributed by atoms with E-state index in [0.717, 1.165) is 38.0 Å². The zero-order valence-electron chi connectivity index (χ0n) is 15.5. The number of nitrogens with zero attached hydrogens (tertiary/aromatic N) is 1. The highest BCUT2D eigenvalue weighted by atomic mass is 16.5. The van der Waals surface area contributed by atoms with Crippen molar-refractivity contribution in [2.24, 2.45) is 0 Å². The molecule has 0 radical (unpaired) electrons. The molecular weight excluding hydrogens is 302 g/mol. The maximum atomic E-state index is 11.8. The van der Waals surface area contributed by atoms with Gasteiger partial charge in [0, 0.05) is 24.3 Å². The SMILES string of the molecule is CCC(CC)c1cc(OC)cc(N2CCCCC2CC(=O)OC)c1. The fraction of sp³-hybridized carbons (Fsp3) is 0.650. The Hall–Kier alpha value is -1.71. The van der Waals surface area contributed by atoms with Crippen LogP contribution < -0.4 is 9.64 Å². The Balaban J connectivity index is 2.33. The van der Waals surface area contributed by atoms with Gasteiger partial charge < -0.3 is 14.4 Å². The minimum Gasteiger partial charge on any atom is -0.497 e. The minimum absolute atomic E-state index is 0.130. The molecule has 1 saturated heterocycles. The summed E-state index contributed by atoms with van der Waals surface area (Å²) in [7, 11) is 3.18. The Morgan fingerprint density at radius 1 is 1.21 bits per heavy atom. The first-order chi connectivity index (χ1) is 11.6. The van der Waals surface area contributed by atoms with Crippen LogP contribution in [0.25, 0.3) is 0 Å². The van der Waals surface area contributed by atoms with Gasteiger partial charge in [-0.05, 0) is 55.7 Å². The molecule has 0 N–H and O–H groups in total. The van der Waals surface area contributed by atoms with Gasteiger partial charge in [-0.2, -0.15) is 0 Å².